The minimum atomic E-state index is 1.05. The van der Waals surface area contributed by atoms with E-state index >= 15 is 0 Å². The van der Waals surface area contributed by atoms with E-state index in [0.717, 1.165) is 63.8 Å². The molecule has 336 valence electrons. The number of anilines is 6. The number of hydrogen-bond donors (Lipinski definition) is 0. The standard InChI is InChI=1S/C68H49N3/c1-4-17-48(18-5-1)51-31-37-58(38-32-51)69(60-41-35-50-21-10-11-23-54(50)43-60)61-44-56(55-36-42-68-65(46-55)64-28-14-15-29-67(64)71(68)57-25-8-3-9-26-57)45-62(47-61)70(66-30-16-24-53-22-12-13-27-63(53)66)59-39-33-52(34-40-59)49-19-6-2-7-20-49/h1-9,11-20,22-47H,10,21H2. The van der Waals surface area contributed by atoms with E-state index < -0.39 is 0 Å². The highest BCUT2D eigenvalue weighted by Crippen LogP contribution is 2.47. The van der Waals surface area contributed by atoms with Gasteiger partial charge in [0.25, 0.3) is 0 Å². The van der Waals surface area contributed by atoms with E-state index in [4.69, 9.17) is 0 Å². The highest BCUT2D eigenvalue weighted by atomic mass is 15.2. The Morgan fingerprint density at radius 3 is 1.59 bits per heavy atom. The number of benzene rings is 11. The molecule has 0 aliphatic heterocycles. The fourth-order valence-electron chi connectivity index (χ4n) is 10.7. The fourth-order valence-corrected chi connectivity index (χ4v) is 10.7. The quantitative estimate of drug-likeness (QED) is 0.135. The Morgan fingerprint density at radius 1 is 0.324 bits per heavy atom. The van der Waals surface area contributed by atoms with E-state index in [1.807, 2.05) is 0 Å². The Morgan fingerprint density at radius 2 is 0.873 bits per heavy atom. The number of nitrogens with zero attached hydrogens (tertiary/aromatic N) is 3. The van der Waals surface area contributed by atoms with Gasteiger partial charge in [0.2, 0.25) is 0 Å². The predicted molar refractivity (Wildman–Crippen MR) is 301 cm³/mol. The molecule has 12 aromatic rings. The van der Waals surface area contributed by atoms with Gasteiger partial charge in [0, 0.05) is 50.3 Å². The maximum Gasteiger partial charge on any atom is 0.0541 e. The molecule has 1 aliphatic rings. The highest BCUT2D eigenvalue weighted by Gasteiger charge is 2.23. The molecule has 0 unspecified atom stereocenters. The van der Waals surface area contributed by atoms with Crippen LogP contribution in [0.5, 0.6) is 0 Å². The van der Waals surface area contributed by atoms with Gasteiger partial charge < -0.3 is 14.4 Å². The monoisotopic (exact) mass is 907 g/mol. The Hall–Kier alpha value is -9.18. The zero-order valence-electron chi connectivity index (χ0n) is 39.2. The summed E-state index contributed by atoms with van der Waals surface area (Å²) in [7, 11) is 0. The number of hydrogen-bond acceptors (Lipinski definition) is 2. The lowest BCUT2D eigenvalue weighted by molar-refractivity contribution is 0.985. The number of allylic oxidation sites excluding steroid dienone is 1. The van der Waals surface area contributed by atoms with Crippen LogP contribution in [0.15, 0.2) is 267 Å². The number of aryl methyl sites for hydroxylation is 1. The molecule has 0 fully saturated rings. The lowest BCUT2D eigenvalue weighted by Gasteiger charge is -2.31. The van der Waals surface area contributed by atoms with Crippen molar-refractivity contribution in [1.82, 2.24) is 4.57 Å². The van der Waals surface area contributed by atoms with E-state index in [0.29, 0.717) is 0 Å². The number of rotatable bonds is 10. The third-order valence-corrected chi connectivity index (χ3v) is 14.2. The fraction of sp³-hybridized carbons (Fsp3) is 0.0294. The van der Waals surface area contributed by atoms with Crippen LogP contribution in [-0.2, 0) is 6.42 Å². The summed E-state index contributed by atoms with van der Waals surface area (Å²) in [5, 5.41) is 4.81. The lowest BCUT2D eigenvalue weighted by Crippen LogP contribution is -2.14. The Bertz CT molecular complexity index is 3900. The maximum absolute atomic E-state index is 2.45. The summed E-state index contributed by atoms with van der Waals surface area (Å²) in [6.07, 6.45) is 6.71. The van der Waals surface area contributed by atoms with Crippen molar-refractivity contribution >= 4 is 72.8 Å². The van der Waals surface area contributed by atoms with Gasteiger partial charge in [-0.05, 0) is 154 Å². The topological polar surface area (TPSA) is 11.4 Å². The van der Waals surface area contributed by atoms with Crippen molar-refractivity contribution in [3.05, 3.63) is 278 Å². The first kappa shape index (κ1) is 42.0. The predicted octanol–water partition coefficient (Wildman–Crippen LogP) is 18.8. The first-order valence-electron chi connectivity index (χ1n) is 24.6. The number of fused-ring (bicyclic) bond motifs is 5. The summed E-state index contributed by atoms with van der Waals surface area (Å²) in [4.78, 5) is 4.90. The van der Waals surface area contributed by atoms with Crippen LogP contribution in [0.3, 0.4) is 0 Å². The van der Waals surface area contributed by atoms with Crippen LogP contribution in [-0.4, -0.2) is 4.57 Å². The van der Waals surface area contributed by atoms with Gasteiger partial charge >= 0.3 is 0 Å². The first-order valence-corrected chi connectivity index (χ1v) is 24.6. The molecule has 1 aliphatic carbocycles. The van der Waals surface area contributed by atoms with Crippen molar-refractivity contribution in [2.24, 2.45) is 0 Å². The van der Waals surface area contributed by atoms with Gasteiger partial charge in [-0.25, -0.2) is 0 Å². The van der Waals surface area contributed by atoms with E-state index in [1.54, 1.807) is 0 Å². The third-order valence-electron chi connectivity index (χ3n) is 14.2. The zero-order valence-corrected chi connectivity index (χ0v) is 39.2. The van der Waals surface area contributed by atoms with Gasteiger partial charge in [-0.3, -0.25) is 0 Å². The zero-order chi connectivity index (χ0) is 47.1. The second-order valence-electron chi connectivity index (χ2n) is 18.5. The normalized spacial score (nSPS) is 12.1. The highest BCUT2D eigenvalue weighted by molar-refractivity contribution is 6.11. The van der Waals surface area contributed by atoms with Gasteiger partial charge in [0.15, 0.2) is 0 Å². The van der Waals surface area contributed by atoms with Gasteiger partial charge in [-0.15, -0.1) is 0 Å². The average Bonchev–Trinajstić information content (AvgIpc) is 3.78. The van der Waals surface area contributed by atoms with Gasteiger partial charge in [-0.1, -0.05) is 182 Å². The van der Waals surface area contributed by atoms with Crippen molar-refractivity contribution in [3.63, 3.8) is 0 Å². The summed E-state index contributed by atoms with van der Waals surface area (Å²) in [5.41, 5.74) is 19.7. The molecule has 0 amide bonds. The average molecular weight is 908 g/mol. The molecule has 0 bridgehead atoms. The Kier molecular flexibility index (Phi) is 10.7. The molecule has 0 N–H and O–H groups in total. The third kappa shape index (κ3) is 7.84. The maximum atomic E-state index is 2.45. The Labute approximate surface area is 415 Å². The van der Waals surface area contributed by atoms with Gasteiger partial charge in [0.1, 0.15) is 0 Å². The molecule has 0 radical (unpaired) electrons. The SMILES string of the molecule is C1=Cc2cc(N(c3ccc(-c4ccccc4)cc3)c3cc(-c4ccc5c(c4)c4ccccc4n5-c4ccccc4)cc(N(c4ccc(-c5ccccc5)cc4)c4cccc5ccccc45)c3)ccc2CC1. The Balaban J connectivity index is 1.07. The molecule has 0 saturated heterocycles. The van der Waals surface area contributed by atoms with Crippen LogP contribution < -0.4 is 9.80 Å². The molecule has 0 atom stereocenters. The molecule has 0 spiro atoms. The van der Waals surface area contributed by atoms with Crippen LogP contribution >= 0.6 is 0 Å². The van der Waals surface area contributed by atoms with E-state index in [-0.39, 0.29) is 0 Å². The summed E-state index contributed by atoms with van der Waals surface area (Å²) >= 11 is 0. The summed E-state index contributed by atoms with van der Waals surface area (Å²) in [5.74, 6) is 0. The van der Waals surface area contributed by atoms with Crippen LogP contribution in [0.1, 0.15) is 17.5 Å². The molecule has 13 rings (SSSR count). The minimum Gasteiger partial charge on any atom is -0.310 e. The molecule has 71 heavy (non-hydrogen) atoms. The summed E-state index contributed by atoms with van der Waals surface area (Å²) in [6, 6.07) is 95.5. The molecule has 1 aromatic heterocycles. The van der Waals surface area contributed by atoms with E-state index in [1.165, 1.54) is 66.0 Å². The van der Waals surface area contributed by atoms with E-state index in [9.17, 15) is 0 Å². The van der Waals surface area contributed by atoms with Crippen LogP contribution in [0.25, 0.3) is 77.7 Å². The van der Waals surface area contributed by atoms with Crippen molar-refractivity contribution in [3.8, 4) is 39.1 Å². The van der Waals surface area contributed by atoms with E-state index in [2.05, 4.69) is 287 Å². The molecule has 0 saturated carbocycles. The molecular formula is C68H49N3. The largest absolute Gasteiger partial charge is 0.310 e. The van der Waals surface area contributed by atoms with Crippen molar-refractivity contribution < 1.29 is 0 Å². The van der Waals surface area contributed by atoms with Crippen LogP contribution in [0.2, 0.25) is 0 Å². The van der Waals surface area contributed by atoms with Crippen molar-refractivity contribution in [1.29, 1.82) is 0 Å². The molecule has 3 heteroatoms. The lowest BCUT2D eigenvalue weighted by atomic mass is 9.96. The number of para-hydroxylation sites is 2. The van der Waals surface area contributed by atoms with Crippen molar-refractivity contribution in [2.45, 2.75) is 12.8 Å². The smallest absolute Gasteiger partial charge is 0.0541 e. The van der Waals surface area contributed by atoms with Gasteiger partial charge in [0.05, 0.1) is 16.7 Å². The molecular weight excluding hydrogens is 859 g/mol. The molecule has 1 heterocycles. The van der Waals surface area contributed by atoms with Crippen LogP contribution in [0.4, 0.5) is 34.1 Å². The van der Waals surface area contributed by atoms with Gasteiger partial charge in [-0.2, -0.15) is 0 Å². The molecule has 11 aromatic carbocycles. The van der Waals surface area contributed by atoms with Crippen molar-refractivity contribution in [2.75, 3.05) is 9.80 Å². The number of aromatic nitrogens is 1. The first-order chi connectivity index (χ1) is 35.2. The second kappa shape index (κ2) is 18.0. The summed E-state index contributed by atoms with van der Waals surface area (Å²) in [6.45, 7) is 0. The molecule has 3 nitrogen and oxygen atoms in total. The summed E-state index contributed by atoms with van der Waals surface area (Å²) < 4.78 is 2.39. The second-order valence-corrected chi connectivity index (χ2v) is 18.5. The van der Waals surface area contributed by atoms with Crippen LogP contribution in [0, 0.1) is 0 Å². The minimum absolute atomic E-state index is 1.05.